The van der Waals surface area contributed by atoms with Crippen LogP contribution in [0.3, 0.4) is 0 Å². The number of aromatic nitrogens is 4. The van der Waals surface area contributed by atoms with Crippen LogP contribution in [-0.2, 0) is 19.1 Å². The van der Waals surface area contributed by atoms with Gasteiger partial charge in [-0.25, -0.2) is 15.0 Å². The van der Waals surface area contributed by atoms with Gasteiger partial charge in [-0.1, -0.05) is 5.92 Å². The minimum atomic E-state index is -1.42. The van der Waals surface area contributed by atoms with Gasteiger partial charge in [0.15, 0.2) is 23.8 Å². The summed E-state index contributed by atoms with van der Waals surface area (Å²) in [6.07, 6.45) is 1.35. The van der Waals surface area contributed by atoms with Crippen molar-refractivity contribution in [2.75, 3.05) is 19.4 Å². The van der Waals surface area contributed by atoms with Crippen LogP contribution in [0.2, 0.25) is 0 Å². The molecule has 2 aromatic rings. The monoisotopic (exact) mass is 500 g/mol. The first-order valence-electron chi connectivity index (χ1n) is 12.2. The van der Waals surface area contributed by atoms with Crippen LogP contribution in [-0.4, -0.2) is 73.6 Å². The van der Waals surface area contributed by atoms with Gasteiger partial charge in [-0.2, -0.15) is 0 Å². The average molecular weight is 501 g/mol. The van der Waals surface area contributed by atoms with Crippen molar-refractivity contribution in [3.63, 3.8) is 0 Å². The minimum Gasteiger partial charge on any atom is -0.469 e. The molecule has 194 valence electrons. The first-order chi connectivity index (χ1) is 17.3. The zero-order valence-corrected chi connectivity index (χ0v) is 20.4. The molecule has 3 heterocycles. The van der Waals surface area contributed by atoms with Gasteiger partial charge in [0.1, 0.15) is 17.7 Å². The molecule has 2 aliphatic rings. The van der Waals surface area contributed by atoms with E-state index in [4.69, 9.17) is 15.2 Å². The summed E-state index contributed by atoms with van der Waals surface area (Å²) in [5.74, 6) is 6.56. The lowest BCUT2D eigenvalue weighted by Gasteiger charge is -2.26. The number of anilines is 1. The van der Waals surface area contributed by atoms with Crippen molar-refractivity contribution >= 4 is 28.9 Å². The summed E-state index contributed by atoms with van der Waals surface area (Å²) < 4.78 is 11.9. The molecule has 12 nitrogen and oxygen atoms in total. The van der Waals surface area contributed by atoms with Crippen LogP contribution in [0.25, 0.3) is 11.2 Å². The third-order valence-electron chi connectivity index (χ3n) is 6.81. The van der Waals surface area contributed by atoms with Gasteiger partial charge in [-0.05, 0) is 50.4 Å². The fourth-order valence-electron chi connectivity index (χ4n) is 4.79. The zero-order valence-electron chi connectivity index (χ0n) is 20.4. The van der Waals surface area contributed by atoms with E-state index in [-0.39, 0.29) is 23.3 Å². The van der Waals surface area contributed by atoms with Crippen LogP contribution in [0.4, 0.5) is 5.82 Å². The van der Waals surface area contributed by atoms with Crippen molar-refractivity contribution in [3.05, 3.63) is 12.2 Å². The average Bonchev–Trinajstić information content (AvgIpc) is 3.41. The fourth-order valence-corrected chi connectivity index (χ4v) is 4.79. The number of ether oxygens (including phenoxy) is 2. The molecule has 12 heteroatoms. The standard InChI is InChI=1S/C24H32N6O6/c1-3-26-23(34)20-18(32)19(33)24(36-20)30-12-27-17-21(25)28-15(29-22(17)30)6-4-5-13-7-9-14(10-8-13)11-16(31)35-2/h12-14,18-20,24,32-33H,3,5,7-11H2,1-2H3,(H,26,34)(H2,25,28,29)/t13?,14?,18-,19+,20-,24+/m0/s1. The molecular weight excluding hydrogens is 468 g/mol. The highest BCUT2D eigenvalue weighted by Crippen LogP contribution is 2.33. The number of hydrogen-bond acceptors (Lipinski definition) is 10. The van der Waals surface area contributed by atoms with Crippen molar-refractivity contribution in [1.82, 2.24) is 24.8 Å². The van der Waals surface area contributed by atoms with Gasteiger partial charge in [0, 0.05) is 19.4 Å². The van der Waals surface area contributed by atoms with Gasteiger partial charge >= 0.3 is 5.97 Å². The summed E-state index contributed by atoms with van der Waals surface area (Å²) in [4.78, 5) is 36.6. The molecule has 36 heavy (non-hydrogen) atoms. The predicted octanol–water partition coefficient (Wildman–Crippen LogP) is 0.275. The highest BCUT2D eigenvalue weighted by atomic mass is 16.6. The minimum absolute atomic E-state index is 0.125. The lowest BCUT2D eigenvalue weighted by Crippen LogP contribution is -2.42. The highest BCUT2D eigenvalue weighted by molar-refractivity contribution is 5.83. The number of hydrogen-bond donors (Lipinski definition) is 4. The largest absolute Gasteiger partial charge is 0.469 e. The van der Waals surface area contributed by atoms with Crippen LogP contribution in [0.1, 0.15) is 57.5 Å². The number of nitrogens with two attached hydrogens (primary N) is 1. The molecule has 0 aromatic carbocycles. The number of fused-ring (bicyclic) bond motifs is 1. The van der Waals surface area contributed by atoms with Gasteiger partial charge in [0.2, 0.25) is 5.82 Å². The Hall–Kier alpha value is -3.27. The molecule has 1 aliphatic heterocycles. The van der Waals surface area contributed by atoms with Gasteiger partial charge in [0.05, 0.1) is 13.4 Å². The number of aliphatic hydroxyl groups excluding tert-OH is 2. The first-order valence-corrected chi connectivity index (χ1v) is 12.2. The van der Waals surface area contributed by atoms with E-state index >= 15 is 0 Å². The number of nitrogens with one attached hydrogen (secondary N) is 1. The Balaban J connectivity index is 1.46. The normalized spacial score (nSPS) is 27.9. The van der Waals surface area contributed by atoms with Crippen LogP contribution >= 0.6 is 0 Å². The highest BCUT2D eigenvalue weighted by Gasteiger charge is 2.47. The third-order valence-corrected chi connectivity index (χ3v) is 6.81. The van der Waals surface area contributed by atoms with E-state index in [0.29, 0.717) is 36.7 Å². The number of carbonyl (C=O) groups excluding carboxylic acids is 2. The second-order valence-electron chi connectivity index (χ2n) is 9.25. The van der Waals surface area contributed by atoms with Gasteiger partial charge < -0.3 is 30.7 Å². The summed E-state index contributed by atoms with van der Waals surface area (Å²) in [5, 5.41) is 23.5. The Morgan fingerprint density at radius 1 is 1.22 bits per heavy atom. The third kappa shape index (κ3) is 5.43. The molecule has 0 radical (unpaired) electrons. The SMILES string of the molecule is CCNC(=O)[C@H]1O[C@@H](n2cnc3c(N)nc(C#CCC4CCC(CC(=O)OC)CC4)nc32)[C@H](O)[C@@H]1O. The number of methoxy groups -OCH3 is 1. The van der Waals surface area contributed by atoms with E-state index in [1.165, 1.54) is 18.0 Å². The number of rotatable bonds is 6. The topological polar surface area (TPSA) is 175 Å². The van der Waals surface area contributed by atoms with Crippen LogP contribution in [0.15, 0.2) is 6.33 Å². The van der Waals surface area contributed by atoms with Crippen LogP contribution in [0.5, 0.6) is 0 Å². The van der Waals surface area contributed by atoms with Crippen molar-refractivity contribution < 1.29 is 29.3 Å². The molecule has 2 fully saturated rings. The molecule has 1 saturated carbocycles. The predicted molar refractivity (Wildman–Crippen MR) is 128 cm³/mol. The number of amides is 1. The first kappa shape index (κ1) is 25.8. The molecule has 5 N–H and O–H groups in total. The Bertz CT molecular complexity index is 1170. The summed E-state index contributed by atoms with van der Waals surface area (Å²) in [6, 6.07) is 0. The number of nitrogen functional groups attached to an aromatic ring is 1. The van der Waals surface area contributed by atoms with Gasteiger partial charge in [0.25, 0.3) is 5.91 Å². The maximum Gasteiger partial charge on any atom is 0.305 e. The molecule has 4 atom stereocenters. The van der Waals surface area contributed by atoms with E-state index in [9.17, 15) is 19.8 Å². The molecule has 0 bridgehead atoms. The van der Waals surface area contributed by atoms with Gasteiger partial charge in [-0.3, -0.25) is 14.2 Å². The van der Waals surface area contributed by atoms with Crippen LogP contribution in [0, 0.1) is 23.7 Å². The van der Waals surface area contributed by atoms with E-state index in [1.54, 1.807) is 6.92 Å². The second-order valence-corrected chi connectivity index (χ2v) is 9.25. The van der Waals surface area contributed by atoms with E-state index in [0.717, 1.165) is 25.7 Å². The number of likely N-dealkylation sites (N-methyl/N-ethyl adjacent to an activating group) is 1. The molecule has 4 rings (SSSR count). The zero-order chi connectivity index (χ0) is 25.8. The van der Waals surface area contributed by atoms with Crippen molar-refractivity contribution in [1.29, 1.82) is 0 Å². The van der Waals surface area contributed by atoms with Crippen molar-refractivity contribution in [3.8, 4) is 11.8 Å². The van der Waals surface area contributed by atoms with Gasteiger partial charge in [-0.15, -0.1) is 0 Å². The molecule has 1 aliphatic carbocycles. The molecule has 1 saturated heterocycles. The van der Waals surface area contributed by atoms with E-state index in [1.807, 2.05) is 0 Å². The number of carbonyl (C=O) groups is 2. The fraction of sp³-hybridized carbons (Fsp3) is 0.625. The van der Waals surface area contributed by atoms with Crippen molar-refractivity contribution in [2.24, 2.45) is 11.8 Å². The van der Waals surface area contributed by atoms with Crippen molar-refractivity contribution in [2.45, 2.75) is 70.0 Å². The summed E-state index contributed by atoms with van der Waals surface area (Å²) >= 11 is 0. The number of imidazole rings is 1. The maximum atomic E-state index is 12.2. The number of aliphatic hydroxyl groups is 2. The Kier molecular flexibility index (Phi) is 8.03. The van der Waals surface area contributed by atoms with Crippen LogP contribution < -0.4 is 11.1 Å². The molecule has 1 amide bonds. The Labute approximate surface area is 208 Å². The second kappa shape index (κ2) is 11.2. The summed E-state index contributed by atoms with van der Waals surface area (Å²) in [5.41, 5.74) is 6.66. The quantitative estimate of drug-likeness (QED) is 0.318. The number of esters is 1. The molecular formula is C24H32N6O6. The van der Waals surface area contributed by atoms with E-state index < -0.39 is 30.4 Å². The number of nitrogens with zero attached hydrogens (tertiary/aromatic N) is 4. The molecule has 0 spiro atoms. The Morgan fingerprint density at radius 3 is 2.64 bits per heavy atom. The molecule has 2 aromatic heterocycles. The smallest absolute Gasteiger partial charge is 0.305 e. The van der Waals surface area contributed by atoms with E-state index in [2.05, 4.69) is 32.1 Å². The summed E-state index contributed by atoms with van der Waals surface area (Å²) in [6.45, 7) is 2.11. The maximum absolute atomic E-state index is 12.2. The Morgan fingerprint density at radius 2 is 1.94 bits per heavy atom. The summed E-state index contributed by atoms with van der Waals surface area (Å²) in [7, 11) is 1.41. The molecule has 0 unspecified atom stereocenters. The lowest BCUT2D eigenvalue weighted by molar-refractivity contribution is -0.142. The lowest BCUT2D eigenvalue weighted by atomic mass is 9.79.